The van der Waals surface area contributed by atoms with Crippen LogP contribution in [-0.4, -0.2) is 13.0 Å². The first-order valence-corrected chi connectivity index (χ1v) is 5.56. The second-order valence-electron chi connectivity index (χ2n) is 4.58. The van der Waals surface area contributed by atoms with E-state index in [2.05, 4.69) is 11.4 Å². The topological polar surface area (TPSA) is 64.2 Å². The molecule has 2 rings (SSSR count). The molecule has 19 heavy (non-hydrogen) atoms. The molecule has 0 aliphatic carbocycles. The van der Waals surface area contributed by atoms with E-state index in [0.717, 1.165) is 0 Å². The van der Waals surface area contributed by atoms with Crippen LogP contribution in [0.25, 0.3) is 11.1 Å². The van der Waals surface area contributed by atoms with E-state index in [-0.39, 0.29) is 64.1 Å². The Morgan fingerprint density at radius 2 is 1.95 bits per heavy atom. The average molecular weight is 327 g/mol. The Morgan fingerprint density at radius 3 is 2.53 bits per heavy atom. The molecule has 0 spiro atoms. The molecule has 0 aromatic heterocycles. The predicted molar refractivity (Wildman–Crippen MR) is 67.8 cm³/mol. The third kappa shape index (κ3) is 2.85. The summed E-state index contributed by atoms with van der Waals surface area (Å²) in [4.78, 5) is 12.1. The number of methoxy groups -OCH3 is 1. The number of amides is 1. The maximum atomic E-state index is 12.1. The summed E-state index contributed by atoms with van der Waals surface area (Å²) in [5.74, 6) is 0.0891. The molecule has 0 saturated heterocycles. The van der Waals surface area contributed by atoms with Crippen molar-refractivity contribution in [2.24, 2.45) is 5.41 Å². The van der Waals surface area contributed by atoms with E-state index in [0.29, 0.717) is 22.6 Å². The normalized spacial score (nSPS) is 16.4. The van der Waals surface area contributed by atoms with Crippen LogP contribution in [0.4, 0.5) is 5.69 Å². The Hall–Kier alpha value is -0.475. The van der Waals surface area contributed by atoms with Gasteiger partial charge in [-0.3, -0.25) is 0 Å². The van der Waals surface area contributed by atoms with Crippen molar-refractivity contribution in [3.8, 4) is 6.07 Å². The number of carbonyl (C=O) groups excluding carboxylic acids is 1. The molecule has 1 aliphatic heterocycles. The molecule has 1 heterocycles. The van der Waals surface area contributed by atoms with Crippen LogP contribution < -0.4 is 58.2 Å². The standard InChI is InChI=1S/C14H14N2O2.Rb/c1-14(2)10(8-15)12(18-3)9-6-4-5-7-11(9)16-13(14)17;/h4-7H,1-3H3,(H,16,17);/q;+1/p-1. The number of rotatable bonds is 1. The molecule has 0 bridgehead atoms. The van der Waals surface area contributed by atoms with E-state index in [9.17, 15) is 10.1 Å². The van der Waals surface area contributed by atoms with Crippen molar-refractivity contribution in [2.75, 3.05) is 7.11 Å². The number of ether oxygens (including phenoxy) is 1. The van der Waals surface area contributed by atoms with Gasteiger partial charge in [0, 0.05) is 11.0 Å². The molecule has 1 aromatic rings. The zero-order valence-electron chi connectivity index (χ0n) is 11.5. The summed E-state index contributed by atoms with van der Waals surface area (Å²) in [6, 6.07) is 9.24. The zero-order chi connectivity index (χ0) is 13.3. The summed E-state index contributed by atoms with van der Waals surface area (Å²) < 4.78 is 5.33. The molecule has 0 fully saturated rings. The van der Waals surface area contributed by atoms with Crippen molar-refractivity contribution in [3.05, 3.63) is 40.7 Å². The Balaban J connectivity index is 0.00000180. The van der Waals surface area contributed by atoms with Gasteiger partial charge in [0.2, 0.25) is 0 Å². The molecular weight excluding hydrogens is 314 g/mol. The number of hydrogen-bond donors (Lipinski definition) is 0. The van der Waals surface area contributed by atoms with E-state index in [1.54, 1.807) is 32.0 Å². The van der Waals surface area contributed by atoms with Crippen LogP contribution in [0, 0.1) is 16.7 Å². The molecule has 1 aliphatic rings. The number of para-hydroxylation sites is 1. The molecule has 5 heteroatoms. The Kier molecular flexibility index (Phi) is 5.51. The number of benzene rings is 1. The summed E-state index contributed by atoms with van der Waals surface area (Å²) in [6.45, 7) is 3.37. The maximum absolute atomic E-state index is 12.1. The Labute approximate surface area is 161 Å². The average Bonchev–Trinajstić information content (AvgIpc) is 2.43. The molecule has 1 amide bonds. The van der Waals surface area contributed by atoms with Crippen LogP contribution in [-0.2, 0) is 9.53 Å². The van der Waals surface area contributed by atoms with Crippen LogP contribution in [0.5, 0.6) is 0 Å². The molecule has 0 radical (unpaired) electrons. The fraction of sp³-hybridized carbons (Fsp3) is 0.286. The third-order valence-electron chi connectivity index (χ3n) is 3.07. The zero-order valence-corrected chi connectivity index (χ0v) is 16.4. The smallest absolute Gasteiger partial charge is 0.626 e. The number of nitrogens with zero attached hydrogens (tertiary/aromatic N) is 2. The minimum absolute atomic E-state index is 0. The minimum atomic E-state index is -0.973. The summed E-state index contributed by atoms with van der Waals surface area (Å²) in [5, 5.41) is 13.4. The first kappa shape index (κ1) is 16.6. The summed E-state index contributed by atoms with van der Waals surface area (Å²) in [6.07, 6.45) is 0. The van der Waals surface area contributed by atoms with Gasteiger partial charge in [0.05, 0.1) is 24.7 Å². The van der Waals surface area contributed by atoms with Crippen LogP contribution >= 0.6 is 0 Å². The van der Waals surface area contributed by atoms with Gasteiger partial charge in [0.1, 0.15) is 5.76 Å². The summed E-state index contributed by atoms with van der Waals surface area (Å²) in [7, 11) is 1.50. The van der Waals surface area contributed by atoms with Crippen LogP contribution in [0.15, 0.2) is 29.8 Å². The fourth-order valence-corrected chi connectivity index (χ4v) is 1.94. The number of fused-ring (bicyclic) bond motifs is 1. The molecule has 0 atom stereocenters. The van der Waals surface area contributed by atoms with E-state index < -0.39 is 5.41 Å². The summed E-state index contributed by atoms with van der Waals surface area (Å²) >= 11 is 0. The molecule has 0 N–H and O–H groups in total. The van der Waals surface area contributed by atoms with Crippen LogP contribution in [0.1, 0.15) is 19.4 Å². The van der Waals surface area contributed by atoms with Gasteiger partial charge in [0.25, 0.3) is 0 Å². The van der Waals surface area contributed by atoms with E-state index in [1.165, 1.54) is 7.11 Å². The first-order chi connectivity index (χ1) is 8.52. The number of carbonyl (C=O) groups is 1. The van der Waals surface area contributed by atoms with Gasteiger partial charge in [0.15, 0.2) is 0 Å². The van der Waals surface area contributed by atoms with Crippen molar-refractivity contribution in [3.63, 3.8) is 0 Å². The third-order valence-corrected chi connectivity index (χ3v) is 3.07. The van der Waals surface area contributed by atoms with Crippen LogP contribution in [0.3, 0.4) is 0 Å². The van der Waals surface area contributed by atoms with E-state index >= 15 is 0 Å². The first-order valence-electron chi connectivity index (χ1n) is 5.56. The fourth-order valence-electron chi connectivity index (χ4n) is 1.94. The molecule has 1 aromatic carbocycles. The van der Waals surface area contributed by atoms with Crippen molar-refractivity contribution in [1.29, 1.82) is 5.26 Å². The van der Waals surface area contributed by atoms with E-state index in [1.807, 2.05) is 6.07 Å². The quantitative estimate of drug-likeness (QED) is 0.737. The second-order valence-corrected chi connectivity index (χ2v) is 4.58. The minimum Gasteiger partial charge on any atom is -0.626 e. The van der Waals surface area contributed by atoms with Gasteiger partial charge in [-0.05, 0) is 13.8 Å². The molecule has 0 unspecified atom stereocenters. The molecule has 92 valence electrons. The molecular formula is C14H13N2O2Rb. The summed E-state index contributed by atoms with van der Waals surface area (Å²) in [5.41, 5.74) is 0.552. The monoisotopic (exact) mass is 326 g/mol. The van der Waals surface area contributed by atoms with Crippen molar-refractivity contribution in [2.45, 2.75) is 13.8 Å². The van der Waals surface area contributed by atoms with Gasteiger partial charge >= 0.3 is 58.2 Å². The van der Waals surface area contributed by atoms with E-state index in [4.69, 9.17) is 4.74 Å². The SMILES string of the molecule is COC1=C(C#N)C(C)(C)C(=O)[N-]c2ccccc21.[Rb+]. The van der Waals surface area contributed by atoms with Crippen LogP contribution in [0.2, 0.25) is 0 Å². The van der Waals surface area contributed by atoms with Crippen molar-refractivity contribution in [1.82, 2.24) is 0 Å². The van der Waals surface area contributed by atoms with Gasteiger partial charge in [-0.1, -0.05) is 24.3 Å². The Morgan fingerprint density at radius 1 is 1.32 bits per heavy atom. The van der Waals surface area contributed by atoms with Gasteiger partial charge < -0.3 is 14.8 Å². The van der Waals surface area contributed by atoms with Gasteiger partial charge in [-0.2, -0.15) is 5.26 Å². The number of nitriles is 1. The number of hydrogen-bond acceptors (Lipinski definition) is 3. The maximum Gasteiger partial charge on any atom is 1.00 e. The molecule has 0 saturated carbocycles. The van der Waals surface area contributed by atoms with Crippen molar-refractivity contribution >= 4 is 17.4 Å². The van der Waals surface area contributed by atoms with Gasteiger partial charge in [-0.15, -0.1) is 5.69 Å². The second kappa shape index (κ2) is 6.32. The predicted octanol–water partition coefficient (Wildman–Crippen LogP) is 0.143. The van der Waals surface area contributed by atoms with Gasteiger partial charge in [-0.25, -0.2) is 0 Å². The van der Waals surface area contributed by atoms with Crippen molar-refractivity contribution < 1.29 is 67.7 Å². The molecule has 4 nitrogen and oxygen atoms in total. The largest absolute Gasteiger partial charge is 1.00 e. The Bertz CT molecular complexity index is 585.